The van der Waals surface area contributed by atoms with Crippen LogP contribution in [0.1, 0.15) is 53.9 Å². The summed E-state index contributed by atoms with van der Waals surface area (Å²) in [5.41, 5.74) is 1.12. The van der Waals surface area contributed by atoms with Gasteiger partial charge in [0.25, 0.3) is 5.69 Å². The predicted octanol–water partition coefficient (Wildman–Crippen LogP) is 4.89. The number of hydrogen-bond acceptors (Lipinski definition) is 7. The van der Waals surface area contributed by atoms with Crippen molar-refractivity contribution in [3.05, 3.63) is 57.6 Å². The van der Waals surface area contributed by atoms with Crippen LogP contribution in [0.5, 0.6) is 17.2 Å². The van der Waals surface area contributed by atoms with Crippen molar-refractivity contribution in [3.8, 4) is 17.2 Å². The number of non-ortho nitro benzene ring substituents is 1. The molecule has 0 saturated heterocycles. The number of nitro benzene ring substituents is 1. The Morgan fingerprint density at radius 1 is 0.903 bits per heavy atom. The molecule has 0 amide bonds. The fourth-order valence-electron chi connectivity index (χ4n) is 4.11. The molecule has 0 bridgehead atoms. The average Bonchev–Trinajstić information content (AvgIpc) is 3.03. The average molecular weight is 429 g/mol. The first-order chi connectivity index (χ1) is 15.0. The van der Waals surface area contributed by atoms with E-state index in [4.69, 9.17) is 18.9 Å². The van der Waals surface area contributed by atoms with Gasteiger partial charge in [-0.1, -0.05) is 18.9 Å². The largest absolute Gasteiger partial charge is 0.493 e. The standard InChI is InChI=1S/C23H27NO7/c1-28-20-14-13-18(21(29-2)22(20)30-3)17-7-5-4-6-8-19(17)31-23(25)15-9-11-16(12-10-15)24(26)27/h9-14,17,19H,4-8H2,1-3H3/t17-,19+/m0/s1. The maximum atomic E-state index is 12.8. The van der Waals surface area contributed by atoms with Crippen molar-refractivity contribution in [1.29, 1.82) is 0 Å². The van der Waals surface area contributed by atoms with E-state index in [0.29, 0.717) is 17.2 Å². The molecule has 2 aromatic rings. The molecule has 0 aromatic heterocycles. The molecule has 0 aliphatic heterocycles. The molecule has 0 unspecified atom stereocenters. The number of nitrogens with zero attached hydrogens (tertiary/aromatic N) is 1. The second kappa shape index (κ2) is 10.1. The summed E-state index contributed by atoms with van der Waals surface area (Å²) >= 11 is 0. The first kappa shape index (κ1) is 22.4. The Kier molecular flexibility index (Phi) is 7.33. The Morgan fingerprint density at radius 3 is 2.19 bits per heavy atom. The minimum Gasteiger partial charge on any atom is -0.493 e. The normalized spacial score (nSPS) is 18.5. The van der Waals surface area contributed by atoms with Crippen LogP contribution in [-0.2, 0) is 4.74 Å². The highest BCUT2D eigenvalue weighted by molar-refractivity contribution is 5.89. The number of carbonyl (C=O) groups is 1. The summed E-state index contributed by atoms with van der Waals surface area (Å²) in [7, 11) is 4.70. The zero-order valence-electron chi connectivity index (χ0n) is 18.0. The van der Waals surface area contributed by atoms with Gasteiger partial charge in [0, 0.05) is 23.6 Å². The van der Waals surface area contributed by atoms with Gasteiger partial charge in [0.05, 0.1) is 31.8 Å². The monoisotopic (exact) mass is 429 g/mol. The van der Waals surface area contributed by atoms with Gasteiger partial charge < -0.3 is 18.9 Å². The Bertz CT molecular complexity index is 926. The number of ether oxygens (including phenoxy) is 4. The molecular formula is C23H27NO7. The van der Waals surface area contributed by atoms with Gasteiger partial charge >= 0.3 is 5.97 Å². The van der Waals surface area contributed by atoms with Gasteiger partial charge in [-0.05, 0) is 37.5 Å². The summed E-state index contributed by atoms with van der Waals surface area (Å²) in [4.78, 5) is 23.1. The smallest absolute Gasteiger partial charge is 0.338 e. The molecule has 0 N–H and O–H groups in total. The quantitative estimate of drug-likeness (QED) is 0.267. The van der Waals surface area contributed by atoms with E-state index in [-0.39, 0.29) is 23.3 Å². The number of nitro groups is 1. The van der Waals surface area contributed by atoms with Crippen LogP contribution >= 0.6 is 0 Å². The molecular weight excluding hydrogens is 402 g/mol. The van der Waals surface area contributed by atoms with Gasteiger partial charge in [0.2, 0.25) is 5.75 Å². The molecule has 0 radical (unpaired) electrons. The molecule has 2 aromatic carbocycles. The second-order valence-corrected chi connectivity index (χ2v) is 7.42. The fourth-order valence-corrected chi connectivity index (χ4v) is 4.11. The molecule has 0 spiro atoms. The highest BCUT2D eigenvalue weighted by Crippen LogP contribution is 2.46. The third kappa shape index (κ3) is 4.90. The van der Waals surface area contributed by atoms with Crippen LogP contribution in [0.4, 0.5) is 5.69 Å². The van der Waals surface area contributed by atoms with Gasteiger partial charge in [0.1, 0.15) is 6.10 Å². The topological polar surface area (TPSA) is 97.1 Å². The van der Waals surface area contributed by atoms with E-state index in [1.165, 1.54) is 24.3 Å². The molecule has 0 heterocycles. The second-order valence-electron chi connectivity index (χ2n) is 7.42. The van der Waals surface area contributed by atoms with E-state index in [2.05, 4.69) is 0 Å². The van der Waals surface area contributed by atoms with Crippen LogP contribution in [-0.4, -0.2) is 38.3 Å². The van der Waals surface area contributed by atoms with E-state index >= 15 is 0 Å². The van der Waals surface area contributed by atoms with E-state index in [1.807, 2.05) is 12.1 Å². The molecule has 1 saturated carbocycles. The summed E-state index contributed by atoms with van der Waals surface area (Å²) in [6.07, 6.45) is 4.22. The lowest BCUT2D eigenvalue weighted by molar-refractivity contribution is -0.384. The number of rotatable bonds is 7. The third-order valence-corrected chi connectivity index (χ3v) is 5.66. The van der Waals surface area contributed by atoms with Crippen LogP contribution < -0.4 is 14.2 Å². The van der Waals surface area contributed by atoms with Crippen molar-refractivity contribution < 1.29 is 28.7 Å². The minimum absolute atomic E-state index is 0.0701. The highest BCUT2D eigenvalue weighted by atomic mass is 16.6. The molecule has 1 fully saturated rings. The van der Waals surface area contributed by atoms with Crippen LogP contribution in [0.3, 0.4) is 0 Å². The van der Waals surface area contributed by atoms with Gasteiger partial charge in [0.15, 0.2) is 11.5 Å². The highest BCUT2D eigenvalue weighted by Gasteiger charge is 2.32. The minimum atomic E-state index is -0.500. The van der Waals surface area contributed by atoms with Gasteiger partial charge in [-0.2, -0.15) is 0 Å². The Morgan fingerprint density at radius 2 is 1.58 bits per heavy atom. The van der Waals surface area contributed by atoms with Crippen molar-refractivity contribution in [2.24, 2.45) is 0 Å². The number of esters is 1. The van der Waals surface area contributed by atoms with Gasteiger partial charge in [-0.3, -0.25) is 10.1 Å². The number of carbonyl (C=O) groups excluding carboxylic acids is 1. The molecule has 1 aliphatic rings. The van der Waals surface area contributed by atoms with Gasteiger partial charge in [-0.15, -0.1) is 0 Å². The third-order valence-electron chi connectivity index (χ3n) is 5.66. The first-order valence-corrected chi connectivity index (χ1v) is 10.2. The first-order valence-electron chi connectivity index (χ1n) is 10.2. The van der Waals surface area contributed by atoms with E-state index in [9.17, 15) is 14.9 Å². The number of methoxy groups -OCH3 is 3. The summed E-state index contributed by atoms with van der Waals surface area (Å²) in [5, 5.41) is 10.9. The van der Waals surface area contributed by atoms with Crippen LogP contribution in [0.2, 0.25) is 0 Å². The maximum absolute atomic E-state index is 12.8. The predicted molar refractivity (Wildman–Crippen MR) is 114 cm³/mol. The lowest BCUT2D eigenvalue weighted by atomic mass is 9.88. The van der Waals surface area contributed by atoms with Crippen molar-refractivity contribution in [1.82, 2.24) is 0 Å². The molecule has 2 atom stereocenters. The summed E-state index contributed by atoms with van der Waals surface area (Å²) in [6.45, 7) is 0. The lowest BCUT2D eigenvalue weighted by Gasteiger charge is -2.28. The zero-order chi connectivity index (χ0) is 22.4. The molecule has 8 nitrogen and oxygen atoms in total. The Balaban J connectivity index is 1.90. The Hall–Kier alpha value is -3.29. The molecule has 1 aliphatic carbocycles. The van der Waals surface area contributed by atoms with E-state index in [1.54, 1.807) is 21.3 Å². The Labute approximate surface area is 181 Å². The van der Waals surface area contributed by atoms with Crippen molar-refractivity contribution in [3.63, 3.8) is 0 Å². The molecule has 31 heavy (non-hydrogen) atoms. The van der Waals surface area contributed by atoms with Crippen LogP contribution in [0, 0.1) is 10.1 Å². The van der Waals surface area contributed by atoms with Crippen molar-refractivity contribution >= 4 is 11.7 Å². The summed E-state index contributed by atoms with van der Waals surface area (Å²) < 4.78 is 22.5. The van der Waals surface area contributed by atoms with E-state index < -0.39 is 10.9 Å². The van der Waals surface area contributed by atoms with Gasteiger partial charge in [-0.25, -0.2) is 4.79 Å². The summed E-state index contributed by atoms with van der Waals surface area (Å²) in [5.74, 6) is 1.08. The van der Waals surface area contributed by atoms with Crippen molar-refractivity contribution in [2.75, 3.05) is 21.3 Å². The molecule has 166 valence electrons. The lowest BCUT2D eigenvalue weighted by Crippen LogP contribution is -2.25. The van der Waals surface area contributed by atoms with E-state index in [0.717, 1.165) is 37.7 Å². The maximum Gasteiger partial charge on any atom is 0.338 e. The number of hydrogen-bond donors (Lipinski definition) is 0. The molecule has 3 rings (SSSR count). The van der Waals surface area contributed by atoms with Crippen LogP contribution in [0.15, 0.2) is 36.4 Å². The zero-order valence-corrected chi connectivity index (χ0v) is 18.0. The SMILES string of the molecule is COc1ccc([C@@H]2CCCCC[C@H]2OC(=O)c2ccc([N+](=O)[O-])cc2)c(OC)c1OC. The molecule has 8 heteroatoms. The number of benzene rings is 2. The summed E-state index contributed by atoms with van der Waals surface area (Å²) in [6, 6.07) is 9.21. The van der Waals surface area contributed by atoms with Crippen LogP contribution in [0.25, 0.3) is 0 Å². The fraction of sp³-hybridized carbons (Fsp3) is 0.435. The van der Waals surface area contributed by atoms with Crippen molar-refractivity contribution in [2.45, 2.75) is 44.1 Å².